The van der Waals surface area contributed by atoms with Gasteiger partial charge in [0.25, 0.3) is 0 Å². The zero-order valence-electron chi connectivity index (χ0n) is 13.7. The molecule has 1 aromatic heterocycles. The summed E-state index contributed by atoms with van der Waals surface area (Å²) < 4.78 is 5.31. The lowest BCUT2D eigenvalue weighted by atomic mass is 9.71. The van der Waals surface area contributed by atoms with Crippen LogP contribution in [0.3, 0.4) is 0 Å². The van der Waals surface area contributed by atoms with E-state index in [1.165, 1.54) is 0 Å². The topological polar surface area (TPSA) is 88.3 Å². The van der Waals surface area contributed by atoms with Gasteiger partial charge in [0.2, 0.25) is 0 Å². The number of nitrogen functional groups attached to an aromatic ring is 1. The quantitative estimate of drug-likeness (QED) is 0.473. The third-order valence-corrected chi connectivity index (χ3v) is 4.98. The van der Waals surface area contributed by atoms with Crippen molar-refractivity contribution < 1.29 is 14.6 Å². The second-order valence-electron chi connectivity index (χ2n) is 6.67. The molecule has 5 heteroatoms. The minimum Gasteiger partial charge on any atom is -0.504 e. The molecule has 0 unspecified atom stereocenters. The van der Waals surface area contributed by atoms with Crippen molar-refractivity contribution in [2.45, 2.75) is 19.3 Å². The maximum atomic E-state index is 13.1. The van der Waals surface area contributed by atoms with Crippen LogP contribution >= 0.6 is 0 Å². The van der Waals surface area contributed by atoms with Crippen LogP contribution < -0.4 is 10.5 Å². The van der Waals surface area contributed by atoms with Crippen LogP contribution in [0.15, 0.2) is 30.3 Å². The van der Waals surface area contributed by atoms with Gasteiger partial charge < -0.3 is 20.6 Å². The van der Waals surface area contributed by atoms with Crippen molar-refractivity contribution in [2.24, 2.45) is 0 Å². The average Bonchev–Trinajstić information content (AvgIpc) is 2.97. The molecule has 4 N–H and O–H groups in total. The largest absolute Gasteiger partial charge is 0.504 e. The molecule has 0 spiro atoms. The van der Waals surface area contributed by atoms with Gasteiger partial charge >= 0.3 is 0 Å². The van der Waals surface area contributed by atoms with Gasteiger partial charge in [0.15, 0.2) is 11.5 Å². The highest BCUT2D eigenvalue weighted by Crippen LogP contribution is 2.46. The van der Waals surface area contributed by atoms with E-state index in [-0.39, 0.29) is 17.2 Å². The summed E-state index contributed by atoms with van der Waals surface area (Å²) in [6.45, 7) is 4.10. The number of rotatable bonds is 1. The van der Waals surface area contributed by atoms with Crippen LogP contribution in [0.2, 0.25) is 0 Å². The van der Waals surface area contributed by atoms with Crippen LogP contribution in [-0.2, 0) is 5.41 Å². The van der Waals surface area contributed by atoms with Crippen molar-refractivity contribution in [3.05, 3.63) is 52.7 Å². The third-order valence-electron chi connectivity index (χ3n) is 4.98. The molecule has 1 heterocycles. The molecular formula is C19H18N2O3. The molecule has 0 saturated carbocycles. The third kappa shape index (κ3) is 1.67. The summed E-state index contributed by atoms with van der Waals surface area (Å²) in [5.41, 5.74) is 9.08. The Kier molecular flexibility index (Phi) is 2.77. The molecule has 0 radical (unpaired) electrons. The second-order valence-corrected chi connectivity index (χ2v) is 6.67. The number of carbonyl (C=O) groups excluding carboxylic acids is 1. The van der Waals surface area contributed by atoms with Crippen molar-refractivity contribution in [3.63, 3.8) is 0 Å². The lowest BCUT2D eigenvalue weighted by Gasteiger charge is -2.32. The summed E-state index contributed by atoms with van der Waals surface area (Å²) in [7, 11) is 1.61. The van der Waals surface area contributed by atoms with Crippen LogP contribution in [-0.4, -0.2) is 23.0 Å². The van der Waals surface area contributed by atoms with Gasteiger partial charge in [-0.25, -0.2) is 0 Å². The van der Waals surface area contributed by atoms with Gasteiger partial charge in [0, 0.05) is 22.1 Å². The van der Waals surface area contributed by atoms with Crippen LogP contribution in [0.1, 0.15) is 41.0 Å². The van der Waals surface area contributed by atoms with E-state index >= 15 is 0 Å². The molecule has 0 atom stereocenters. The first-order valence-electron chi connectivity index (χ1n) is 7.73. The Bertz CT molecular complexity index is 1020. The Hall–Kier alpha value is -2.95. The van der Waals surface area contributed by atoms with E-state index in [1.54, 1.807) is 31.4 Å². The van der Waals surface area contributed by atoms with E-state index in [0.29, 0.717) is 27.8 Å². The number of aromatic amines is 1. The van der Waals surface area contributed by atoms with Crippen molar-refractivity contribution >= 4 is 22.4 Å². The van der Waals surface area contributed by atoms with E-state index in [9.17, 15) is 9.90 Å². The van der Waals surface area contributed by atoms with Crippen LogP contribution in [0.25, 0.3) is 10.9 Å². The van der Waals surface area contributed by atoms with Crippen LogP contribution in [0.5, 0.6) is 11.5 Å². The average molecular weight is 322 g/mol. The number of ketones is 1. The van der Waals surface area contributed by atoms with Gasteiger partial charge in [0.1, 0.15) is 5.75 Å². The minimum absolute atomic E-state index is 0.0212. The predicted molar refractivity (Wildman–Crippen MR) is 92.9 cm³/mol. The number of methoxy groups -OCH3 is 1. The van der Waals surface area contributed by atoms with E-state index in [4.69, 9.17) is 10.5 Å². The van der Waals surface area contributed by atoms with Gasteiger partial charge in [-0.2, -0.15) is 0 Å². The van der Waals surface area contributed by atoms with Crippen LogP contribution in [0, 0.1) is 0 Å². The van der Waals surface area contributed by atoms with Crippen molar-refractivity contribution in [1.82, 2.24) is 4.98 Å². The fraction of sp³-hybridized carbons (Fsp3) is 0.211. The highest BCUT2D eigenvalue weighted by molar-refractivity contribution is 6.20. The van der Waals surface area contributed by atoms with E-state index < -0.39 is 5.41 Å². The van der Waals surface area contributed by atoms with Crippen molar-refractivity contribution in [1.29, 1.82) is 0 Å². The number of fused-ring (bicyclic) bond motifs is 4. The lowest BCUT2D eigenvalue weighted by Crippen LogP contribution is -2.30. The monoisotopic (exact) mass is 322 g/mol. The molecule has 0 saturated heterocycles. The molecule has 24 heavy (non-hydrogen) atoms. The number of anilines is 1. The Morgan fingerprint density at radius 1 is 1.21 bits per heavy atom. The molecular weight excluding hydrogens is 304 g/mol. The number of aromatic hydroxyl groups is 1. The number of nitrogens with one attached hydrogen (secondary N) is 1. The molecule has 1 aliphatic carbocycles. The number of benzene rings is 2. The number of phenolic OH excluding ortho intramolecular Hbond substituents is 1. The van der Waals surface area contributed by atoms with Gasteiger partial charge in [-0.05, 0) is 35.9 Å². The summed E-state index contributed by atoms with van der Waals surface area (Å²) in [5.74, 6) is 0.630. The van der Waals surface area contributed by atoms with Gasteiger partial charge in [-0.15, -0.1) is 0 Å². The van der Waals surface area contributed by atoms with Crippen LogP contribution in [0.4, 0.5) is 5.69 Å². The first-order valence-corrected chi connectivity index (χ1v) is 7.73. The number of hydrogen-bond donors (Lipinski definition) is 3. The SMILES string of the molecule is COc1ccc2c(c1)C(C)(C)c1[nH]c3c(O)c(N)ccc3c1C2=O. The number of H-pyrrole nitrogens is 1. The zero-order chi connectivity index (χ0) is 17.2. The summed E-state index contributed by atoms with van der Waals surface area (Å²) in [6.07, 6.45) is 0. The fourth-order valence-electron chi connectivity index (χ4n) is 3.60. The maximum absolute atomic E-state index is 13.1. The first kappa shape index (κ1) is 14.6. The Balaban J connectivity index is 2.10. The summed E-state index contributed by atoms with van der Waals surface area (Å²) in [6, 6.07) is 8.90. The van der Waals surface area contributed by atoms with Crippen molar-refractivity contribution in [2.75, 3.05) is 12.8 Å². The van der Waals surface area contributed by atoms with Gasteiger partial charge in [-0.1, -0.05) is 13.8 Å². The number of aromatic nitrogens is 1. The van der Waals surface area contributed by atoms with E-state index in [0.717, 1.165) is 11.3 Å². The Morgan fingerprint density at radius 2 is 1.96 bits per heavy atom. The molecule has 122 valence electrons. The molecule has 0 bridgehead atoms. The molecule has 0 aliphatic heterocycles. The van der Waals surface area contributed by atoms with Crippen molar-refractivity contribution in [3.8, 4) is 11.5 Å². The minimum atomic E-state index is -0.437. The lowest BCUT2D eigenvalue weighted by molar-refractivity contribution is 0.103. The molecule has 4 rings (SSSR count). The number of nitrogens with two attached hydrogens (primary N) is 1. The molecule has 2 aromatic carbocycles. The molecule has 0 amide bonds. The Labute approximate surface area is 139 Å². The standard InChI is InChI=1S/C19H18N2O3/c1-19(2)12-8-9(24-3)4-5-10(12)16(22)14-11-6-7-13(20)17(23)15(11)21-18(14)19/h4-8,21,23H,20H2,1-3H3. The maximum Gasteiger partial charge on any atom is 0.195 e. The smallest absolute Gasteiger partial charge is 0.195 e. The second kappa shape index (κ2) is 4.54. The van der Waals surface area contributed by atoms with E-state index in [2.05, 4.69) is 4.98 Å². The first-order chi connectivity index (χ1) is 11.4. The van der Waals surface area contributed by atoms with Gasteiger partial charge in [0.05, 0.1) is 23.9 Å². The number of ether oxygens (including phenoxy) is 1. The fourth-order valence-corrected chi connectivity index (χ4v) is 3.60. The number of carbonyl (C=O) groups is 1. The highest BCUT2D eigenvalue weighted by Gasteiger charge is 2.40. The normalized spacial score (nSPS) is 15.2. The van der Waals surface area contributed by atoms with Gasteiger partial charge in [-0.3, -0.25) is 4.79 Å². The summed E-state index contributed by atoms with van der Waals surface area (Å²) in [5, 5.41) is 11.0. The predicted octanol–water partition coefficient (Wildman–Crippen LogP) is 3.33. The molecule has 5 nitrogen and oxygen atoms in total. The Morgan fingerprint density at radius 3 is 2.67 bits per heavy atom. The van der Waals surface area contributed by atoms with E-state index in [1.807, 2.05) is 19.9 Å². The summed E-state index contributed by atoms with van der Waals surface area (Å²) in [4.78, 5) is 16.3. The molecule has 3 aromatic rings. The number of phenols is 1. The molecule has 1 aliphatic rings. The summed E-state index contributed by atoms with van der Waals surface area (Å²) >= 11 is 0. The number of hydrogen-bond acceptors (Lipinski definition) is 4. The zero-order valence-corrected chi connectivity index (χ0v) is 13.7. The highest BCUT2D eigenvalue weighted by atomic mass is 16.5. The molecule has 0 fully saturated rings.